The largest absolute Gasteiger partial charge is 0.382 e. The number of rotatable bonds is 5. The molecule has 3 heterocycles. The number of benzene rings is 1. The molecule has 8 heteroatoms. The molecule has 1 unspecified atom stereocenters. The summed E-state index contributed by atoms with van der Waals surface area (Å²) in [5, 5.41) is 10.8. The van der Waals surface area contributed by atoms with Gasteiger partial charge in [-0.3, -0.25) is 9.48 Å². The van der Waals surface area contributed by atoms with Crippen LogP contribution in [0.5, 0.6) is 0 Å². The van der Waals surface area contributed by atoms with Gasteiger partial charge in [0.15, 0.2) is 11.5 Å². The molecule has 1 aliphatic heterocycles. The molecule has 1 amide bonds. The predicted octanol–water partition coefficient (Wildman–Crippen LogP) is 2.10. The van der Waals surface area contributed by atoms with Crippen LogP contribution in [0.25, 0.3) is 0 Å². The van der Waals surface area contributed by atoms with E-state index in [0.29, 0.717) is 11.6 Å². The molecule has 1 saturated heterocycles. The molecule has 1 aliphatic rings. The minimum Gasteiger partial charge on any atom is -0.382 e. The van der Waals surface area contributed by atoms with Gasteiger partial charge in [0.25, 0.3) is 5.91 Å². The first-order valence-electron chi connectivity index (χ1n) is 9.40. The highest BCUT2D eigenvalue weighted by Gasteiger charge is 2.27. The zero-order valence-electron chi connectivity index (χ0n) is 15.5. The third kappa shape index (κ3) is 3.86. The molecule has 8 nitrogen and oxygen atoms in total. The molecule has 2 aromatic heterocycles. The maximum Gasteiger partial charge on any atom is 0.278 e. The second-order valence-electron chi connectivity index (χ2n) is 6.90. The molecule has 0 spiro atoms. The van der Waals surface area contributed by atoms with Crippen molar-refractivity contribution in [1.82, 2.24) is 25.1 Å². The first kappa shape index (κ1) is 18.1. The second-order valence-corrected chi connectivity index (χ2v) is 6.90. The summed E-state index contributed by atoms with van der Waals surface area (Å²) in [7, 11) is 0. The van der Waals surface area contributed by atoms with E-state index in [2.05, 4.69) is 37.8 Å². The summed E-state index contributed by atoms with van der Waals surface area (Å²) in [4.78, 5) is 20.4. The number of carbonyl (C=O) groups is 1. The van der Waals surface area contributed by atoms with Crippen molar-refractivity contribution < 1.29 is 4.79 Å². The van der Waals surface area contributed by atoms with E-state index in [-0.39, 0.29) is 17.6 Å². The van der Waals surface area contributed by atoms with Gasteiger partial charge in [0, 0.05) is 18.6 Å². The van der Waals surface area contributed by atoms with Crippen LogP contribution in [-0.4, -0.2) is 38.7 Å². The number of nitrogens with two attached hydrogens (primary N) is 1. The Hall–Kier alpha value is -3.26. The van der Waals surface area contributed by atoms with Crippen LogP contribution >= 0.6 is 0 Å². The van der Waals surface area contributed by atoms with Gasteiger partial charge >= 0.3 is 0 Å². The predicted molar refractivity (Wildman–Crippen MR) is 107 cm³/mol. The van der Waals surface area contributed by atoms with Crippen LogP contribution in [0.3, 0.4) is 0 Å². The first-order chi connectivity index (χ1) is 13.7. The molecular weight excluding hydrogens is 354 g/mol. The van der Waals surface area contributed by atoms with Crippen molar-refractivity contribution in [3.63, 3.8) is 0 Å². The molecule has 1 atom stereocenters. The molecule has 0 bridgehead atoms. The summed E-state index contributed by atoms with van der Waals surface area (Å²) >= 11 is 0. The van der Waals surface area contributed by atoms with Gasteiger partial charge < -0.3 is 16.4 Å². The van der Waals surface area contributed by atoms with Gasteiger partial charge in [-0.2, -0.15) is 5.10 Å². The van der Waals surface area contributed by atoms with Crippen LogP contribution in [0.2, 0.25) is 0 Å². The molecule has 4 N–H and O–H groups in total. The number of anilines is 2. The van der Waals surface area contributed by atoms with Gasteiger partial charge in [-0.25, -0.2) is 9.97 Å². The van der Waals surface area contributed by atoms with Gasteiger partial charge in [-0.1, -0.05) is 30.3 Å². The number of nitrogens with one attached hydrogen (secondary N) is 2. The molecule has 28 heavy (non-hydrogen) atoms. The fraction of sp³-hybridized carbons (Fsp3) is 0.300. The van der Waals surface area contributed by atoms with E-state index < -0.39 is 5.91 Å². The summed E-state index contributed by atoms with van der Waals surface area (Å²) in [6, 6.07) is 10.5. The van der Waals surface area contributed by atoms with Gasteiger partial charge in [0.1, 0.15) is 0 Å². The Labute approximate surface area is 163 Å². The molecule has 0 aliphatic carbocycles. The number of nitrogens with zero attached hydrogens (tertiary/aromatic N) is 4. The molecular formula is C20H23N7O. The standard InChI is InChI=1S/C20H23N7O/c21-19-17(23-10-11-24-19)20(28)26-16-12-25-27(13-16)18(14-4-2-1-3-5-14)15-6-8-22-9-7-15/h1-5,10-13,15,18,22H,6-9H2,(H2,21,24)(H,26,28). The van der Waals surface area contributed by atoms with Crippen LogP contribution in [0, 0.1) is 5.92 Å². The zero-order valence-corrected chi connectivity index (χ0v) is 15.5. The van der Waals surface area contributed by atoms with Crippen LogP contribution in [-0.2, 0) is 0 Å². The fourth-order valence-electron chi connectivity index (χ4n) is 3.72. The summed E-state index contributed by atoms with van der Waals surface area (Å²) in [5.74, 6) is 0.176. The molecule has 1 aromatic carbocycles. The van der Waals surface area contributed by atoms with Crippen molar-refractivity contribution >= 4 is 17.4 Å². The number of aromatic nitrogens is 4. The molecule has 0 radical (unpaired) electrons. The van der Waals surface area contributed by atoms with Gasteiger partial charge in [0.2, 0.25) is 0 Å². The van der Waals surface area contributed by atoms with Gasteiger partial charge in [-0.15, -0.1) is 0 Å². The summed E-state index contributed by atoms with van der Waals surface area (Å²) < 4.78 is 1.95. The number of amides is 1. The minimum atomic E-state index is -0.400. The van der Waals surface area contributed by atoms with Gasteiger partial charge in [0.05, 0.1) is 17.9 Å². The molecule has 0 saturated carbocycles. The topological polar surface area (TPSA) is 111 Å². The van der Waals surface area contributed by atoms with E-state index in [1.807, 2.05) is 29.1 Å². The molecule has 144 valence electrons. The van der Waals surface area contributed by atoms with E-state index in [1.54, 1.807) is 6.20 Å². The maximum atomic E-state index is 12.4. The smallest absolute Gasteiger partial charge is 0.278 e. The lowest BCUT2D eigenvalue weighted by atomic mass is 9.86. The van der Waals surface area contributed by atoms with Crippen LogP contribution in [0.1, 0.15) is 34.9 Å². The van der Waals surface area contributed by atoms with Gasteiger partial charge in [-0.05, 0) is 37.4 Å². The van der Waals surface area contributed by atoms with Crippen LogP contribution in [0.15, 0.2) is 55.1 Å². The van der Waals surface area contributed by atoms with Crippen molar-refractivity contribution in [1.29, 1.82) is 0 Å². The second kappa shape index (κ2) is 8.18. The average Bonchev–Trinajstić information content (AvgIpc) is 3.18. The highest BCUT2D eigenvalue weighted by Crippen LogP contribution is 2.32. The Morgan fingerprint density at radius 1 is 1.18 bits per heavy atom. The third-order valence-electron chi connectivity index (χ3n) is 5.06. The van der Waals surface area contributed by atoms with E-state index in [1.165, 1.54) is 18.0 Å². The number of carbonyl (C=O) groups excluding carboxylic acids is 1. The number of hydrogen-bond acceptors (Lipinski definition) is 6. The average molecular weight is 377 g/mol. The van der Waals surface area contributed by atoms with E-state index >= 15 is 0 Å². The fourth-order valence-corrected chi connectivity index (χ4v) is 3.72. The molecule has 3 aromatic rings. The van der Waals surface area contributed by atoms with Crippen LogP contribution in [0.4, 0.5) is 11.5 Å². The van der Waals surface area contributed by atoms with E-state index in [9.17, 15) is 4.79 Å². The monoisotopic (exact) mass is 377 g/mol. The normalized spacial score (nSPS) is 15.9. The minimum absolute atomic E-state index is 0.101. The number of hydrogen-bond donors (Lipinski definition) is 3. The molecule has 4 rings (SSSR count). The van der Waals surface area contributed by atoms with E-state index in [0.717, 1.165) is 25.9 Å². The summed E-state index contributed by atoms with van der Waals surface area (Å²) in [5.41, 5.74) is 7.66. The first-order valence-corrected chi connectivity index (χ1v) is 9.40. The lowest BCUT2D eigenvalue weighted by molar-refractivity contribution is 0.102. The molecule has 1 fully saturated rings. The highest BCUT2D eigenvalue weighted by molar-refractivity contribution is 6.05. The quantitative estimate of drug-likeness (QED) is 0.628. The Balaban J connectivity index is 1.58. The Bertz CT molecular complexity index is 934. The van der Waals surface area contributed by atoms with Crippen molar-refractivity contribution in [3.8, 4) is 0 Å². The highest BCUT2D eigenvalue weighted by atomic mass is 16.1. The SMILES string of the molecule is Nc1nccnc1C(=O)Nc1cnn(C(c2ccccc2)C2CCNCC2)c1. The Morgan fingerprint density at radius 3 is 2.68 bits per heavy atom. The van der Waals surface area contributed by atoms with Crippen molar-refractivity contribution in [3.05, 3.63) is 66.4 Å². The zero-order chi connectivity index (χ0) is 19.3. The lowest BCUT2D eigenvalue weighted by Crippen LogP contribution is -2.33. The summed E-state index contributed by atoms with van der Waals surface area (Å²) in [6.45, 7) is 2.01. The summed E-state index contributed by atoms with van der Waals surface area (Å²) in [6.07, 6.45) is 8.57. The lowest BCUT2D eigenvalue weighted by Gasteiger charge is -2.31. The maximum absolute atomic E-state index is 12.4. The van der Waals surface area contributed by atoms with E-state index in [4.69, 9.17) is 5.73 Å². The Kier molecular flexibility index (Phi) is 5.29. The Morgan fingerprint density at radius 2 is 1.93 bits per heavy atom. The van der Waals surface area contributed by atoms with Crippen LogP contribution < -0.4 is 16.4 Å². The number of piperidine rings is 1. The number of nitrogen functional groups attached to an aromatic ring is 1. The van der Waals surface area contributed by atoms with Crippen molar-refractivity contribution in [2.45, 2.75) is 18.9 Å². The van der Waals surface area contributed by atoms with Crippen molar-refractivity contribution in [2.75, 3.05) is 24.1 Å². The third-order valence-corrected chi connectivity index (χ3v) is 5.06. The van der Waals surface area contributed by atoms with Crippen molar-refractivity contribution in [2.24, 2.45) is 5.92 Å².